The number of carbonyl (C=O) groups is 1. The Bertz CT molecular complexity index is 599. The van der Waals surface area contributed by atoms with Crippen molar-refractivity contribution in [2.45, 2.75) is 36.6 Å². The van der Waals surface area contributed by atoms with Crippen LogP contribution in [0.2, 0.25) is 0 Å². The molecule has 20 heavy (non-hydrogen) atoms. The lowest BCUT2D eigenvalue weighted by atomic mass is 10.2. The maximum Gasteiger partial charge on any atom is 0.328 e. The minimum atomic E-state index is -3.48. The molecule has 0 saturated heterocycles. The number of aliphatic carboxylic acids is 1. The van der Waals surface area contributed by atoms with Gasteiger partial charge in [0.25, 0.3) is 0 Å². The zero-order valence-electron chi connectivity index (χ0n) is 11.0. The van der Waals surface area contributed by atoms with Gasteiger partial charge in [-0.15, -0.1) is 0 Å². The summed E-state index contributed by atoms with van der Waals surface area (Å²) in [6, 6.07) is 6.18. The first kappa shape index (κ1) is 14.7. The van der Waals surface area contributed by atoms with Crippen molar-refractivity contribution in [1.82, 2.24) is 4.72 Å². The first-order valence-corrected chi connectivity index (χ1v) is 7.99. The van der Waals surface area contributed by atoms with Crippen molar-refractivity contribution in [3.05, 3.63) is 35.9 Å². The summed E-state index contributed by atoms with van der Waals surface area (Å²) >= 11 is 0. The fourth-order valence-electron chi connectivity index (χ4n) is 2.26. The quantitative estimate of drug-likeness (QED) is 0.814. The van der Waals surface area contributed by atoms with E-state index in [1.165, 1.54) is 18.2 Å². The molecule has 0 aromatic heterocycles. The Morgan fingerprint density at radius 3 is 2.35 bits per heavy atom. The first-order valence-electron chi connectivity index (χ1n) is 6.51. The van der Waals surface area contributed by atoms with E-state index in [2.05, 4.69) is 4.72 Å². The molecule has 1 aliphatic carbocycles. The molecule has 0 aliphatic heterocycles. The lowest BCUT2D eigenvalue weighted by Crippen LogP contribution is -2.32. The van der Waals surface area contributed by atoms with Crippen molar-refractivity contribution in [2.75, 3.05) is 0 Å². The number of rotatable bonds is 5. The fourth-order valence-corrected chi connectivity index (χ4v) is 3.56. The number of hydrogen-bond acceptors (Lipinski definition) is 3. The second kappa shape index (κ2) is 6.19. The third kappa shape index (κ3) is 3.91. The highest BCUT2D eigenvalue weighted by Gasteiger charge is 2.22. The number of carboxylic acid groups (broad SMARTS) is 1. The zero-order valence-corrected chi connectivity index (χ0v) is 11.8. The van der Waals surface area contributed by atoms with E-state index in [1.807, 2.05) is 0 Å². The molecule has 0 radical (unpaired) electrons. The molecule has 1 aromatic carbocycles. The van der Waals surface area contributed by atoms with Crippen LogP contribution in [-0.4, -0.2) is 25.5 Å². The molecule has 1 fully saturated rings. The molecule has 0 spiro atoms. The molecule has 0 amide bonds. The van der Waals surface area contributed by atoms with E-state index in [9.17, 15) is 13.2 Å². The molecular weight excluding hydrogens is 278 g/mol. The van der Waals surface area contributed by atoms with Crippen LogP contribution in [0, 0.1) is 0 Å². The molecule has 0 atom stereocenters. The van der Waals surface area contributed by atoms with Gasteiger partial charge in [-0.1, -0.05) is 25.0 Å². The van der Waals surface area contributed by atoms with Crippen LogP contribution in [0.25, 0.3) is 6.08 Å². The average Bonchev–Trinajstić information content (AvgIpc) is 2.89. The van der Waals surface area contributed by atoms with E-state index in [1.54, 1.807) is 12.1 Å². The molecule has 2 N–H and O–H groups in total. The maximum atomic E-state index is 12.1. The second-order valence-corrected chi connectivity index (χ2v) is 6.56. The SMILES string of the molecule is O=C(O)/C=C/c1ccc(S(=O)(=O)NC2CCCC2)cc1. The van der Waals surface area contributed by atoms with E-state index in [-0.39, 0.29) is 10.9 Å². The van der Waals surface area contributed by atoms with E-state index < -0.39 is 16.0 Å². The Labute approximate surface area is 118 Å². The van der Waals surface area contributed by atoms with Gasteiger partial charge in [0.15, 0.2) is 0 Å². The Hall–Kier alpha value is -1.66. The van der Waals surface area contributed by atoms with Crippen LogP contribution in [0.4, 0.5) is 0 Å². The summed E-state index contributed by atoms with van der Waals surface area (Å²) in [6.45, 7) is 0. The third-order valence-electron chi connectivity index (χ3n) is 3.29. The van der Waals surface area contributed by atoms with Crippen LogP contribution in [-0.2, 0) is 14.8 Å². The Morgan fingerprint density at radius 2 is 1.80 bits per heavy atom. The first-order chi connectivity index (χ1) is 9.47. The van der Waals surface area contributed by atoms with Gasteiger partial charge in [0.2, 0.25) is 10.0 Å². The molecule has 0 bridgehead atoms. The fraction of sp³-hybridized carbons (Fsp3) is 0.357. The predicted octanol–water partition coefficient (Wildman–Crippen LogP) is 2.01. The minimum absolute atomic E-state index is 0.0339. The summed E-state index contributed by atoms with van der Waals surface area (Å²) in [5.41, 5.74) is 0.646. The number of nitrogens with one attached hydrogen (secondary N) is 1. The molecule has 5 nitrogen and oxygen atoms in total. The number of hydrogen-bond donors (Lipinski definition) is 2. The standard InChI is InChI=1S/C14H17NO4S/c16-14(17)10-7-11-5-8-13(9-6-11)20(18,19)15-12-3-1-2-4-12/h5-10,12,15H,1-4H2,(H,16,17)/b10-7+. The van der Waals surface area contributed by atoms with E-state index >= 15 is 0 Å². The van der Waals surface area contributed by atoms with Gasteiger partial charge in [0.1, 0.15) is 0 Å². The molecular formula is C14H17NO4S. The number of benzene rings is 1. The highest BCUT2D eigenvalue weighted by molar-refractivity contribution is 7.89. The zero-order chi connectivity index (χ0) is 14.6. The maximum absolute atomic E-state index is 12.1. The normalized spacial score (nSPS) is 16.8. The third-order valence-corrected chi connectivity index (χ3v) is 4.82. The average molecular weight is 295 g/mol. The van der Waals surface area contributed by atoms with E-state index in [4.69, 9.17) is 5.11 Å². The van der Waals surface area contributed by atoms with Crippen molar-refractivity contribution in [3.63, 3.8) is 0 Å². The number of sulfonamides is 1. The molecule has 2 rings (SSSR count). The van der Waals surface area contributed by atoms with Gasteiger partial charge in [-0.05, 0) is 36.6 Å². The van der Waals surface area contributed by atoms with Crippen molar-refractivity contribution >= 4 is 22.1 Å². The summed E-state index contributed by atoms with van der Waals surface area (Å²) < 4.78 is 27.0. The molecule has 1 aromatic rings. The highest BCUT2D eigenvalue weighted by atomic mass is 32.2. The van der Waals surface area contributed by atoms with Crippen molar-refractivity contribution < 1.29 is 18.3 Å². The highest BCUT2D eigenvalue weighted by Crippen LogP contribution is 2.20. The molecule has 108 valence electrons. The van der Waals surface area contributed by atoms with Crippen LogP contribution in [0.5, 0.6) is 0 Å². The molecule has 1 saturated carbocycles. The Kier molecular flexibility index (Phi) is 4.57. The van der Waals surface area contributed by atoms with Crippen molar-refractivity contribution in [3.8, 4) is 0 Å². The molecule has 0 heterocycles. The number of carboxylic acids is 1. The van der Waals surface area contributed by atoms with Gasteiger partial charge in [0.05, 0.1) is 4.90 Å². The molecule has 6 heteroatoms. The Morgan fingerprint density at radius 1 is 1.20 bits per heavy atom. The van der Waals surface area contributed by atoms with Crippen molar-refractivity contribution in [2.24, 2.45) is 0 Å². The topological polar surface area (TPSA) is 83.5 Å². The van der Waals surface area contributed by atoms with Crippen LogP contribution in [0.1, 0.15) is 31.2 Å². The van der Waals surface area contributed by atoms with E-state index in [0.29, 0.717) is 5.56 Å². The van der Waals surface area contributed by atoms with Gasteiger partial charge in [-0.2, -0.15) is 0 Å². The molecule has 1 aliphatic rings. The van der Waals surface area contributed by atoms with Crippen molar-refractivity contribution in [1.29, 1.82) is 0 Å². The molecule has 0 unspecified atom stereocenters. The smallest absolute Gasteiger partial charge is 0.328 e. The van der Waals surface area contributed by atoms with Gasteiger partial charge < -0.3 is 5.11 Å². The lowest BCUT2D eigenvalue weighted by molar-refractivity contribution is -0.131. The monoisotopic (exact) mass is 295 g/mol. The summed E-state index contributed by atoms with van der Waals surface area (Å²) in [5.74, 6) is -1.04. The van der Waals surface area contributed by atoms with Crippen LogP contribution >= 0.6 is 0 Å². The predicted molar refractivity (Wildman–Crippen MR) is 75.7 cm³/mol. The van der Waals surface area contributed by atoms with Gasteiger partial charge in [0, 0.05) is 12.1 Å². The van der Waals surface area contributed by atoms with Crippen LogP contribution in [0.3, 0.4) is 0 Å². The summed E-state index contributed by atoms with van der Waals surface area (Å²) in [6.07, 6.45) is 6.33. The van der Waals surface area contributed by atoms with E-state index in [0.717, 1.165) is 31.8 Å². The van der Waals surface area contributed by atoms with Gasteiger partial charge in [-0.25, -0.2) is 17.9 Å². The largest absolute Gasteiger partial charge is 0.478 e. The van der Waals surface area contributed by atoms with Crippen LogP contribution < -0.4 is 4.72 Å². The lowest BCUT2D eigenvalue weighted by Gasteiger charge is -2.12. The summed E-state index contributed by atoms with van der Waals surface area (Å²) in [7, 11) is -3.48. The Balaban J connectivity index is 2.10. The van der Waals surface area contributed by atoms with Gasteiger partial charge >= 0.3 is 5.97 Å². The van der Waals surface area contributed by atoms with Gasteiger partial charge in [-0.3, -0.25) is 0 Å². The minimum Gasteiger partial charge on any atom is -0.478 e. The summed E-state index contributed by atoms with van der Waals surface area (Å²) in [4.78, 5) is 10.6. The second-order valence-electron chi connectivity index (χ2n) is 4.84. The summed E-state index contributed by atoms with van der Waals surface area (Å²) in [5, 5.41) is 8.53. The van der Waals surface area contributed by atoms with Crippen LogP contribution in [0.15, 0.2) is 35.2 Å².